The van der Waals surface area contributed by atoms with E-state index in [1.807, 2.05) is 6.92 Å². The number of likely N-dealkylation sites (tertiary alicyclic amines) is 1. The van der Waals surface area contributed by atoms with Crippen molar-refractivity contribution in [3.05, 3.63) is 0 Å². The average Bonchev–Trinajstić information content (AvgIpc) is 2.60. The molecule has 1 fully saturated rings. The van der Waals surface area contributed by atoms with Crippen molar-refractivity contribution in [3.8, 4) is 6.07 Å². The van der Waals surface area contributed by atoms with Gasteiger partial charge in [-0.25, -0.2) is 0 Å². The molecule has 2 N–H and O–H groups in total. The monoisotopic (exact) mass is 279 g/mol. The van der Waals surface area contributed by atoms with Gasteiger partial charge in [0.05, 0.1) is 6.07 Å². The van der Waals surface area contributed by atoms with Gasteiger partial charge in [-0.1, -0.05) is 20.8 Å². The molecular weight excluding hydrogens is 246 g/mol. The minimum Gasteiger partial charge on any atom is -0.314 e. The highest BCUT2D eigenvalue weighted by Crippen LogP contribution is 2.34. The molecule has 0 aromatic rings. The Hall–Kier alpha value is -0.590. The van der Waals surface area contributed by atoms with Gasteiger partial charge in [0, 0.05) is 0 Å². The Morgan fingerprint density at radius 1 is 1.15 bits per heavy atom. The number of nitrogens with two attached hydrogens (primary N) is 1. The van der Waals surface area contributed by atoms with Crippen LogP contribution in [0.3, 0.4) is 0 Å². The number of unbranched alkanes of at least 4 members (excludes halogenated alkanes) is 1. The molecule has 0 saturated carbocycles. The fourth-order valence-electron chi connectivity index (χ4n) is 3.13. The molecule has 3 nitrogen and oxygen atoms in total. The lowest BCUT2D eigenvalue weighted by molar-refractivity contribution is 0.207. The number of nitrogens with zero attached hydrogens (tertiary/aromatic N) is 2. The van der Waals surface area contributed by atoms with Crippen LogP contribution < -0.4 is 5.73 Å². The van der Waals surface area contributed by atoms with E-state index in [2.05, 4.69) is 31.7 Å². The van der Waals surface area contributed by atoms with Crippen LogP contribution in [0.25, 0.3) is 0 Å². The van der Waals surface area contributed by atoms with E-state index < -0.39 is 5.54 Å². The fourth-order valence-corrected chi connectivity index (χ4v) is 3.13. The predicted octanol–water partition coefficient (Wildman–Crippen LogP) is 3.55. The molecule has 0 aromatic heterocycles. The van der Waals surface area contributed by atoms with E-state index in [0.717, 1.165) is 25.2 Å². The van der Waals surface area contributed by atoms with Crippen LogP contribution in [0.5, 0.6) is 0 Å². The molecule has 1 aliphatic rings. The van der Waals surface area contributed by atoms with Crippen molar-refractivity contribution in [2.24, 2.45) is 17.1 Å². The summed E-state index contributed by atoms with van der Waals surface area (Å²) in [6.45, 7) is 12.6. The lowest BCUT2D eigenvalue weighted by Gasteiger charge is -2.29. The van der Waals surface area contributed by atoms with Gasteiger partial charge < -0.3 is 10.6 Å². The standard InChI is InChI=1S/C17H33N3/c1-16(2,3)15-8-7-12-20(13-9-15)11-6-5-10-17(4,19)14-18/h15H,5-13,19H2,1-4H3. The van der Waals surface area contributed by atoms with Crippen molar-refractivity contribution in [3.63, 3.8) is 0 Å². The molecule has 1 saturated heterocycles. The molecule has 2 unspecified atom stereocenters. The Kier molecular flexibility index (Phi) is 6.48. The molecule has 1 aliphatic heterocycles. The Bertz CT molecular complexity index is 322. The minimum atomic E-state index is -0.643. The lowest BCUT2D eigenvalue weighted by Crippen LogP contribution is -2.34. The first kappa shape index (κ1) is 17.5. The van der Waals surface area contributed by atoms with Gasteiger partial charge in [-0.15, -0.1) is 0 Å². The molecule has 0 aromatic carbocycles. The van der Waals surface area contributed by atoms with Crippen molar-refractivity contribution in [1.29, 1.82) is 5.26 Å². The third-order valence-corrected chi connectivity index (χ3v) is 4.72. The van der Waals surface area contributed by atoms with Crippen molar-refractivity contribution in [1.82, 2.24) is 4.90 Å². The maximum atomic E-state index is 8.90. The summed E-state index contributed by atoms with van der Waals surface area (Å²) in [6, 6.07) is 2.18. The quantitative estimate of drug-likeness (QED) is 0.783. The fraction of sp³-hybridized carbons (Fsp3) is 0.941. The van der Waals surface area contributed by atoms with E-state index >= 15 is 0 Å². The van der Waals surface area contributed by atoms with E-state index in [4.69, 9.17) is 11.0 Å². The van der Waals surface area contributed by atoms with Gasteiger partial charge in [0.1, 0.15) is 5.54 Å². The van der Waals surface area contributed by atoms with E-state index in [1.165, 1.54) is 38.9 Å². The molecule has 1 heterocycles. The van der Waals surface area contributed by atoms with Crippen molar-refractivity contribution in [2.75, 3.05) is 19.6 Å². The van der Waals surface area contributed by atoms with Crippen LogP contribution in [-0.2, 0) is 0 Å². The Morgan fingerprint density at radius 3 is 2.45 bits per heavy atom. The average molecular weight is 279 g/mol. The predicted molar refractivity (Wildman–Crippen MR) is 85.3 cm³/mol. The van der Waals surface area contributed by atoms with E-state index in [-0.39, 0.29) is 0 Å². The number of rotatable bonds is 5. The third-order valence-electron chi connectivity index (χ3n) is 4.72. The summed E-state index contributed by atoms with van der Waals surface area (Å²) in [7, 11) is 0. The molecule has 0 radical (unpaired) electrons. The molecular formula is C17H33N3. The van der Waals surface area contributed by atoms with E-state index in [9.17, 15) is 0 Å². The van der Waals surface area contributed by atoms with E-state index in [1.54, 1.807) is 0 Å². The Morgan fingerprint density at radius 2 is 1.85 bits per heavy atom. The zero-order valence-corrected chi connectivity index (χ0v) is 13.9. The summed E-state index contributed by atoms with van der Waals surface area (Å²) < 4.78 is 0. The molecule has 0 spiro atoms. The summed E-state index contributed by atoms with van der Waals surface area (Å²) in [4.78, 5) is 2.60. The summed E-state index contributed by atoms with van der Waals surface area (Å²) in [5.41, 5.74) is 5.66. The topological polar surface area (TPSA) is 53.1 Å². The first-order valence-electron chi connectivity index (χ1n) is 8.17. The van der Waals surface area contributed by atoms with Gasteiger partial charge >= 0.3 is 0 Å². The first-order chi connectivity index (χ1) is 9.24. The van der Waals surface area contributed by atoms with Crippen molar-refractivity contribution in [2.45, 2.75) is 71.8 Å². The van der Waals surface area contributed by atoms with E-state index in [0.29, 0.717) is 5.41 Å². The second kappa shape index (κ2) is 7.43. The third kappa shape index (κ3) is 6.24. The summed E-state index contributed by atoms with van der Waals surface area (Å²) in [6.07, 6.45) is 7.05. The Balaban J connectivity index is 2.25. The molecule has 20 heavy (non-hydrogen) atoms. The van der Waals surface area contributed by atoms with Gasteiger partial charge in [-0.2, -0.15) is 5.26 Å². The van der Waals surface area contributed by atoms with Gasteiger partial charge in [0.25, 0.3) is 0 Å². The second-order valence-electron chi connectivity index (χ2n) is 7.82. The highest BCUT2D eigenvalue weighted by Gasteiger charge is 2.26. The van der Waals surface area contributed by atoms with Crippen LogP contribution in [0.4, 0.5) is 0 Å². The van der Waals surface area contributed by atoms with Crippen LogP contribution in [0, 0.1) is 22.7 Å². The van der Waals surface area contributed by atoms with Crippen LogP contribution in [0.1, 0.15) is 66.2 Å². The molecule has 3 heteroatoms. The number of nitriles is 1. The maximum Gasteiger partial charge on any atom is 0.101 e. The molecule has 1 rings (SSSR count). The zero-order chi connectivity index (χ0) is 15.2. The molecule has 0 aliphatic carbocycles. The molecule has 0 bridgehead atoms. The van der Waals surface area contributed by atoms with Crippen LogP contribution in [0.15, 0.2) is 0 Å². The normalized spacial score (nSPS) is 24.7. The largest absolute Gasteiger partial charge is 0.314 e. The number of hydrogen-bond donors (Lipinski definition) is 1. The second-order valence-corrected chi connectivity index (χ2v) is 7.82. The first-order valence-corrected chi connectivity index (χ1v) is 8.17. The lowest BCUT2D eigenvalue weighted by atomic mass is 9.77. The zero-order valence-electron chi connectivity index (χ0n) is 13.9. The SMILES string of the molecule is CC(N)(C#N)CCCCN1CCCC(C(C)(C)C)CC1. The Labute approximate surface area is 125 Å². The van der Waals surface area contributed by atoms with Crippen molar-refractivity contribution >= 4 is 0 Å². The highest BCUT2D eigenvalue weighted by molar-refractivity contribution is 5.00. The summed E-state index contributed by atoms with van der Waals surface area (Å²) in [5.74, 6) is 0.860. The summed E-state index contributed by atoms with van der Waals surface area (Å²) in [5, 5.41) is 8.90. The molecule has 0 amide bonds. The van der Waals surface area contributed by atoms with Crippen LogP contribution in [0.2, 0.25) is 0 Å². The van der Waals surface area contributed by atoms with Crippen LogP contribution in [-0.4, -0.2) is 30.1 Å². The number of hydrogen-bond acceptors (Lipinski definition) is 3. The van der Waals surface area contributed by atoms with Gasteiger partial charge in [0.2, 0.25) is 0 Å². The maximum absolute atomic E-state index is 8.90. The van der Waals surface area contributed by atoms with Crippen molar-refractivity contribution < 1.29 is 0 Å². The van der Waals surface area contributed by atoms with Gasteiger partial charge in [-0.05, 0) is 76.4 Å². The highest BCUT2D eigenvalue weighted by atomic mass is 15.1. The smallest absolute Gasteiger partial charge is 0.101 e. The summed E-state index contributed by atoms with van der Waals surface area (Å²) >= 11 is 0. The molecule has 2 atom stereocenters. The van der Waals surface area contributed by atoms with Gasteiger partial charge in [-0.3, -0.25) is 0 Å². The molecule has 116 valence electrons. The minimum absolute atomic E-state index is 0.449. The van der Waals surface area contributed by atoms with Crippen LogP contribution >= 0.6 is 0 Å². The van der Waals surface area contributed by atoms with Gasteiger partial charge in [0.15, 0.2) is 0 Å².